The van der Waals surface area contributed by atoms with Gasteiger partial charge in [0, 0.05) is 29.6 Å². The quantitative estimate of drug-likeness (QED) is 0.821. The number of benzene rings is 1. The first kappa shape index (κ1) is 18.3. The Labute approximate surface area is 146 Å². The van der Waals surface area contributed by atoms with E-state index in [9.17, 15) is 14.4 Å². The van der Waals surface area contributed by atoms with Gasteiger partial charge in [0.1, 0.15) is 6.54 Å². The molecule has 0 unspecified atom stereocenters. The molecule has 7 heteroatoms. The zero-order valence-electron chi connectivity index (χ0n) is 13.6. The molecule has 130 valence electrons. The summed E-state index contributed by atoms with van der Waals surface area (Å²) in [5.41, 5.74) is 0.588. The van der Waals surface area contributed by atoms with Crippen molar-refractivity contribution in [2.24, 2.45) is 5.92 Å². The Balaban J connectivity index is 1.80. The summed E-state index contributed by atoms with van der Waals surface area (Å²) < 4.78 is 4.77. The molecule has 1 aromatic rings. The van der Waals surface area contributed by atoms with Crippen molar-refractivity contribution in [1.29, 1.82) is 0 Å². The molecule has 0 saturated carbocycles. The summed E-state index contributed by atoms with van der Waals surface area (Å²) in [5, 5.41) is 3.17. The Morgan fingerprint density at radius 3 is 2.42 bits per heavy atom. The Bertz CT molecular complexity index is 595. The van der Waals surface area contributed by atoms with Crippen molar-refractivity contribution in [2.45, 2.75) is 19.8 Å². The van der Waals surface area contributed by atoms with Gasteiger partial charge in [-0.1, -0.05) is 11.6 Å². The smallest absolute Gasteiger partial charge is 0.325 e. The minimum Gasteiger partial charge on any atom is -0.465 e. The Morgan fingerprint density at radius 1 is 1.21 bits per heavy atom. The normalized spacial score (nSPS) is 15.0. The Hall–Kier alpha value is -2.08. The molecule has 1 aliphatic heterocycles. The van der Waals surface area contributed by atoms with Crippen LogP contribution in [0, 0.1) is 5.92 Å². The summed E-state index contributed by atoms with van der Waals surface area (Å²) in [6.07, 6.45) is 1.15. The van der Waals surface area contributed by atoms with Gasteiger partial charge >= 0.3 is 5.97 Å². The van der Waals surface area contributed by atoms with E-state index in [0.29, 0.717) is 43.1 Å². The maximum Gasteiger partial charge on any atom is 0.325 e. The molecule has 1 aromatic carbocycles. The Morgan fingerprint density at radius 2 is 1.83 bits per heavy atom. The number of carbonyl (C=O) groups is 3. The summed E-state index contributed by atoms with van der Waals surface area (Å²) in [6.45, 7) is 2.92. The van der Waals surface area contributed by atoms with Crippen LogP contribution < -0.4 is 5.32 Å². The monoisotopic (exact) mass is 352 g/mol. The highest BCUT2D eigenvalue weighted by atomic mass is 35.5. The van der Waals surface area contributed by atoms with Crippen molar-refractivity contribution < 1.29 is 19.1 Å². The molecule has 0 radical (unpaired) electrons. The fraction of sp³-hybridized carbons (Fsp3) is 0.471. The lowest BCUT2D eigenvalue weighted by Gasteiger charge is -2.31. The van der Waals surface area contributed by atoms with Crippen LogP contribution in [-0.2, 0) is 14.3 Å². The molecule has 1 heterocycles. The highest BCUT2D eigenvalue weighted by Gasteiger charge is 2.28. The second-order valence-corrected chi connectivity index (χ2v) is 6.03. The van der Waals surface area contributed by atoms with Gasteiger partial charge in [-0.15, -0.1) is 0 Å². The second-order valence-electron chi connectivity index (χ2n) is 5.60. The van der Waals surface area contributed by atoms with Crippen molar-refractivity contribution in [1.82, 2.24) is 10.2 Å². The largest absolute Gasteiger partial charge is 0.465 e. The minimum absolute atomic E-state index is 0.0583. The van der Waals surface area contributed by atoms with Crippen LogP contribution in [-0.4, -0.2) is 48.9 Å². The van der Waals surface area contributed by atoms with Gasteiger partial charge in [0.15, 0.2) is 0 Å². The Kier molecular flexibility index (Phi) is 6.61. The van der Waals surface area contributed by atoms with E-state index < -0.39 is 5.97 Å². The number of ether oxygens (including phenoxy) is 1. The standard InChI is InChI=1S/C17H21ClN2O4/c1-2-24-15(21)11-19-16(22)12-7-9-20(10-8-12)17(23)13-3-5-14(18)6-4-13/h3-6,12H,2,7-11H2,1H3,(H,19,22). The molecule has 0 spiro atoms. The highest BCUT2D eigenvalue weighted by molar-refractivity contribution is 6.30. The molecule has 24 heavy (non-hydrogen) atoms. The van der Waals surface area contributed by atoms with Crippen LogP contribution in [0.5, 0.6) is 0 Å². The van der Waals surface area contributed by atoms with E-state index in [1.165, 1.54) is 0 Å². The third-order valence-electron chi connectivity index (χ3n) is 3.96. The number of rotatable bonds is 5. The number of halogens is 1. The zero-order valence-corrected chi connectivity index (χ0v) is 14.3. The first-order valence-electron chi connectivity index (χ1n) is 7.99. The van der Waals surface area contributed by atoms with Gasteiger partial charge in [0.25, 0.3) is 5.91 Å². The number of nitrogens with one attached hydrogen (secondary N) is 1. The maximum absolute atomic E-state index is 12.4. The van der Waals surface area contributed by atoms with Crippen LogP contribution in [0.2, 0.25) is 5.02 Å². The molecule has 0 aliphatic carbocycles. The van der Waals surface area contributed by atoms with E-state index in [1.54, 1.807) is 36.1 Å². The van der Waals surface area contributed by atoms with Crippen LogP contribution in [0.4, 0.5) is 0 Å². The van der Waals surface area contributed by atoms with Gasteiger partial charge in [-0.3, -0.25) is 14.4 Å². The number of esters is 1. The number of amides is 2. The SMILES string of the molecule is CCOC(=O)CNC(=O)C1CCN(C(=O)c2ccc(Cl)cc2)CC1. The van der Waals surface area contributed by atoms with E-state index in [-0.39, 0.29) is 24.3 Å². The van der Waals surface area contributed by atoms with Crippen LogP contribution in [0.15, 0.2) is 24.3 Å². The van der Waals surface area contributed by atoms with Crippen LogP contribution in [0.1, 0.15) is 30.1 Å². The van der Waals surface area contributed by atoms with Crippen molar-refractivity contribution in [3.8, 4) is 0 Å². The van der Waals surface area contributed by atoms with E-state index in [4.69, 9.17) is 16.3 Å². The first-order valence-corrected chi connectivity index (χ1v) is 8.37. The summed E-state index contributed by atoms with van der Waals surface area (Å²) in [4.78, 5) is 37.4. The molecule has 1 fully saturated rings. The third kappa shape index (κ3) is 4.96. The molecule has 1 saturated heterocycles. The molecule has 1 aliphatic rings. The van der Waals surface area contributed by atoms with Gasteiger partial charge < -0.3 is 15.0 Å². The summed E-state index contributed by atoms with van der Waals surface area (Å²) in [7, 11) is 0. The van der Waals surface area contributed by atoms with Gasteiger partial charge in [0.05, 0.1) is 6.61 Å². The molecular weight excluding hydrogens is 332 g/mol. The van der Waals surface area contributed by atoms with E-state index in [1.807, 2.05) is 0 Å². The van der Waals surface area contributed by atoms with Crippen LogP contribution >= 0.6 is 11.6 Å². The molecule has 6 nitrogen and oxygen atoms in total. The van der Waals surface area contributed by atoms with Gasteiger partial charge in [-0.2, -0.15) is 0 Å². The fourth-order valence-corrected chi connectivity index (χ4v) is 2.76. The predicted molar refractivity (Wildman–Crippen MR) is 89.7 cm³/mol. The van der Waals surface area contributed by atoms with E-state index in [0.717, 1.165) is 0 Å². The number of carbonyl (C=O) groups excluding carboxylic acids is 3. The minimum atomic E-state index is -0.443. The van der Waals surface area contributed by atoms with Crippen molar-refractivity contribution in [3.05, 3.63) is 34.9 Å². The van der Waals surface area contributed by atoms with Crippen molar-refractivity contribution in [2.75, 3.05) is 26.2 Å². The molecule has 2 rings (SSSR count). The third-order valence-corrected chi connectivity index (χ3v) is 4.21. The summed E-state index contributed by atoms with van der Waals surface area (Å²) in [6, 6.07) is 6.76. The van der Waals surface area contributed by atoms with Gasteiger partial charge in [-0.05, 0) is 44.0 Å². The number of hydrogen-bond acceptors (Lipinski definition) is 4. The molecule has 0 atom stereocenters. The number of nitrogens with zero attached hydrogens (tertiary/aromatic N) is 1. The fourth-order valence-electron chi connectivity index (χ4n) is 2.64. The zero-order chi connectivity index (χ0) is 17.5. The summed E-state index contributed by atoms with van der Waals surface area (Å²) in [5.74, 6) is -0.853. The van der Waals surface area contributed by atoms with E-state index in [2.05, 4.69) is 5.32 Å². The lowest BCUT2D eigenvalue weighted by Crippen LogP contribution is -2.44. The van der Waals surface area contributed by atoms with Crippen molar-refractivity contribution in [3.63, 3.8) is 0 Å². The first-order chi connectivity index (χ1) is 11.5. The molecule has 0 aromatic heterocycles. The van der Waals surface area contributed by atoms with Gasteiger partial charge in [-0.25, -0.2) is 0 Å². The number of hydrogen-bond donors (Lipinski definition) is 1. The van der Waals surface area contributed by atoms with Gasteiger partial charge in [0.2, 0.25) is 5.91 Å². The van der Waals surface area contributed by atoms with Crippen molar-refractivity contribution >= 4 is 29.4 Å². The lowest BCUT2D eigenvalue weighted by molar-refractivity contribution is -0.144. The maximum atomic E-state index is 12.4. The topological polar surface area (TPSA) is 75.7 Å². The highest BCUT2D eigenvalue weighted by Crippen LogP contribution is 2.20. The predicted octanol–water partition coefficient (Wildman–Crippen LogP) is 1.87. The molecule has 2 amide bonds. The number of likely N-dealkylation sites (tertiary alicyclic amines) is 1. The average Bonchev–Trinajstić information content (AvgIpc) is 2.60. The lowest BCUT2D eigenvalue weighted by atomic mass is 9.95. The number of piperidine rings is 1. The van der Waals surface area contributed by atoms with Crippen LogP contribution in [0.25, 0.3) is 0 Å². The molecule has 0 bridgehead atoms. The van der Waals surface area contributed by atoms with Crippen LogP contribution in [0.3, 0.4) is 0 Å². The average molecular weight is 353 g/mol. The molecular formula is C17H21ClN2O4. The van der Waals surface area contributed by atoms with E-state index >= 15 is 0 Å². The summed E-state index contributed by atoms with van der Waals surface area (Å²) >= 11 is 5.83. The second kappa shape index (κ2) is 8.68. The molecule has 1 N–H and O–H groups in total.